The predicted molar refractivity (Wildman–Crippen MR) is 74.8 cm³/mol. The second kappa shape index (κ2) is 5.50. The monoisotopic (exact) mass is 319 g/mol. The molecule has 1 atom stereocenters. The summed E-state index contributed by atoms with van der Waals surface area (Å²) in [5.41, 5.74) is 1.06. The van der Waals surface area contributed by atoms with E-state index >= 15 is 0 Å². The third-order valence-electron chi connectivity index (χ3n) is 2.42. The Bertz CT molecular complexity index is 451. The lowest BCUT2D eigenvalue weighted by Gasteiger charge is -2.21. The Kier molecular flexibility index (Phi) is 4.75. The molecule has 5 heteroatoms. The first-order chi connectivity index (χ1) is 7.74. The largest absolute Gasteiger partial charge is 0.216 e. The lowest BCUT2D eigenvalue weighted by molar-refractivity contribution is 0.545. The van der Waals surface area contributed by atoms with Gasteiger partial charge in [0.2, 0.25) is 10.0 Å². The maximum atomic E-state index is 11.9. The van der Waals surface area contributed by atoms with Gasteiger partial charge in [-0.05, 0) is 26.3 Å². The standard InChI is InChI=1S/C12H18BrNO2S/c1-12(2,3)17(15,16)14-9-11(13)10-7-5-4-6-8-10/h4-8,11,14H,9H2,1-3H3. The van der Waals surface area contributed by atoms with Gasteiger partial charge >= 0.3 is 0 Å². The lowest BCUT2D eigenvalue weighted by Crippen LogP contribution is -2.40. The summed E-state index contributed by atoms with van der Waals surface area (Å²) in [7, 11) is -3.28. The van der Waals surface area contributed by atoms with E-state index in [-0.39, 0.29) is 4.83 Å². The quantitative estimate of drug-likeness (QED) is 0.867. The fourth-order valence-electron chi connectivity index (χ4n) is 1.18. The Morgan fingerprint density at radius 2 is 1.76 bits per heavy atom. The van der Waals surface area contributed by atoms with Gasteiger partial charge in [0.1, 0.15) is 0 Å². The van der Waals surface area contributed by atoms with Crippen LogP contribution in [0.5, 0.6) is 0 Å². The van der Waals surface area contributed by atoms with Gasteiger partial charge in [-0.2, -0.15) is 0 Å². The zero-order valence-corrected chi connectivity index (χ0v) is 12.7. The molecule has 0 bridgehead atoms. The van der Waals surface area contributed by atoms with Crippen molar-refractivity contribution >= 4 is 26.0 Å². The molecule has 0 saturated carbocycles. The van der Waals surface area contributed by atoms with Crippen molar-refractivity contribution in [2.24, 2.45) is 0 Å². The van der Waals surface area contributed by atoms with Crippen molar-refractivity contribution in [3.05, 3.63) is 35.9 Å². The Labute approximate surface area is 112 Å². The highest BCUT2D eigenvalue weighted by atomic mass is 79.9. The van der Waals surface area contributed by atoms with Crippen molar-refractivity contribution < 1.29 is 8.42 Å². The smallest absolute Gasteiger partial charge is 0.213 e. The van der Waals surface area contributed by atoms with Gasteiger partial charge in [0, 0.05) is 6.54 Å². The van der Waals surface area contributed by atoms with E-state index in [4.69, 9.17) is 0 Å². The SMILES string of the molecule is CC(C)(C)S(=O)(=O)NCC(Br)c1ccccc1. The van der Waals surface area contributed by atoms with Crippen LogP contribution in [-0.2, 0) is 10.0 Å². The highest BCUT2D eigenvalue weighted by Crippen LogP contribution is 2.22. The fraction of sp³-hybridized carbons (Fsp3) is 0.500. The Hall–Kier alpha value is -0.390. The summed E-state index contributed by atoms with van der Waals surface area (Å²) in [6, 6.07) is 9.72. The summed E-state index contributed by atoms with van der Waals surface area (Å²) in [5, 5.41) is 0. The lowest BCUT2D eigenvalue weighted by atomic mass is 10.2. The van der Waals surface area contributed by atoms with Gasteiger partial charge in [-0.1, -0.05) is 46.3 Å². The normalized spacial score (nSPS) is 14.6. The van der Waals surface area contributed by atoms with Crippen molar-refractivity contribution in [3.8, 4) is 0 Å². The van der Waals surface area contributed by atoms with E-state index < -0.39 is 14.8 Å². The second-order valence-electron chi connectivity index (χ2n) is 4.84. The minimum absolute atomic E-state index is 0.0131. The molecule has 0 radical (unpaired) electrons. The molecule has 1 aromatic rings. The molecule has 0 aliphatic rings. The molecule has 0 amide bonds. The highest BCUT2D eigenvalue weighted by molar-refractivity contribution is 9.09. The van der Waals surface area contributed by atoms with Crippen molar-refractivity contribution in [2.45, 2.75) is 30.3 Å². The summed E-state index contributed by atoms with van der Waals surface area (Å²) in [6.07, 6.45) is 0. The van der Waals surface area contributed by atoms with Crippen LogP contribution in [0.3, 0.4) is 0 Å². The van der Waals surface area contributed by atoms with Gasteiger partial charge in [-0.25, -0.2) is 13.1 Å². The molecule has 0 spiro atoms. The molecule has 1 rings (SSSR count). The van der Waals surface area contributed by atoms with E-state index in [0.717, 1.165) is 5.56 Å². The van der Waals surface area contributed by atoms with Gasteiger partial charge < -0.3 is 0 Å². The number of benzene rings is 1. The van der Waals surface area contributed by atoms with Crippen molar-refractivity contribution in [2.75, 3.05) is 6.54 Å². The van der Waals surface area contributed by atoms with Gasteiger partial charge in [-0.3, -0.25) is 0 Å². The molecule has 1 N–H and O–H groups in total. The van der Waals surface area contributed by atoms with Crippen LogP contribution in [0.4, 0.5) is 0 Å². The average Bonchev–Trinajstić information content (AvgIpc) is 2.25. The van der Waals surface area contributed by atoms with Crippen LogP contribution in [0.25, 0.3) is 0 Å². The number of hydrogen-bond donors (Lipinski definition) is 1. The first-order valence-corrected chi connectivity index (χ1v) is 7.82. The van der Waals surface area contributed by atoms with Crippen LogP contribution < -0.4 is 4.72 Å². The molecular formula is C12H18BrNO2S. The van der Waals surface area contributed by atoms with Crippen LogP contribution in [0.2, 0.25) is 0 Å². The molecule has 3 nitrogen and oxygen atoms in total. The summed E-state index contributed by atoms with van der Waals surface area (Å²) in [4.78, 5) is -0.0131. The molecule has 0 aliphatic heterocycles. The van der Waals surface area contributed by atoms with Crippen LogP contribution in [0.15, 0.2) is 30.3 Å². The Morgan fingerprint density at radius 1 is 1.24 bits per heavy atom. The van der Waals surface area contributed by atoms with Gasteiger partial charge in [0.05, 0.1) is 9.57 Å². The molecule has 1 aromatic carbocycles. The highest BCUT2D eigenvalue weighted by Gasteiger charge is 2.29. The van der Waals surface area contributed by atoms with Gasteiger partial charge in [-0.15, -0.1) is 0 Å². The van der Waals surface area contributed by atoms with E-state index in [1.807, 2.05) is 30.3 Å². The number of halogens is 1. The third-order valence-corrected chi connectivity index (χ3v) is 5.43. The predicted octanol–water partition coefficient (Wildman–Crippen LogP) is 2.84. The van der Waals surface area contributed by atoms with Crippen LogP contribution in [-0.4, -0.2) is 19.7 Å². The van der Waals surface area contributed by atoms with E-state index in [1.54, 1.807) is 20.8 Å². The first-order valence-electron chi connectivity index (χ1n) is 5.42. The van der Waals surface area contributed by atoms with E-state index in [9.17, 15) is 8.42 Å². The number of rotatable bonds is 4. The van der Waals surface area contributed by atoms with E-state index in [2.05, 4.69) is 20.7 Å². The molecule has 17 heavy (non-hydrogen) atoms. The Balaban J connectivity index is 2.64. The van der Waals surface area contributed by atoms with Crippen LogP contribution in [0, 0.1) is 0 Å². The van der Waals surface area contributed by atoms with Crippen molar-refractivity contribution in [1.82, 2.24) is 4.72 Å². The molecule has 1 unspecified atom stereocenters. The van der Waals surface area contributed by atoms with E-state index in [0.29, 0.717) is 6.54 Å². The van der Waals surface area contributed by atoms with E-state index in [1.165, 1.54) is 0 Å². The van der Waals surface area contributed by atoms with Gasteiger partial charge in [0.15, 0.2) is 0 Å². The maximum Gasteiger partial charge on any atom is 0.216 e. The average molecular weight is 320 g/mol. The molecule has 0 aromatic heterocycles. The number of sulfonamides is 1. The van der Waals surface area contributed by atoms with Gasteiger partial charge in [0.25, 0.3) is 0 Å². The molecular weight excluding hydrogens is 302 g/mol. The molecule has 0 aliphatic carbocycles. The maximum absolute atomic E-state index is 11.9. The third kappa shape index (κ3) is 4.08. The number of hydrogen-bond acceptors (Lipinski definition) is 2. The second-order valence-corrected chi connectivity index (χ2v) is 8.47. The van der Waals surface area contributed by atoms with Crippen molar-refractivity contribution in [3.63, 3.8) is 0 Å². The zero-order chi connectivity index (χ0) is 13.1. The molecule has 0 fully saturated rings. The number of nitrogens with one attached hydrogen (secondary N) is 1. The zero-order valence-electron chi connectivity index (χ0n) is 10.3. The number of alkyl halides is 1. The summed E-state index contributed by atoms with van der Waals surface area (Å²) in [5.74, 6) is 0. The minimum atomic E-state index is -3.28. The summed E-state index contributed by atoms with van der Waals surface area (Å²) < 4.78 is 25.6. The molecule has 0 heterocycles. The topological polar surface area (TPSA) is 46.2 Å². The molecule has 96 valence electrons. The fourth-order valence-corrected chi connectivity index (χ4v) is 2.68. The summed E-state index contributed by atoms with van der Waals surface area (Å²) in [6.45, 7) is 5.40. The van der Waals surface area contributed by atoms with Crippen LogP contribution >= 0.6 is 15.9 Å². The Morgan fingerprint density at radius 3 is 2.24 bits per heavy atom. The van der Waals surface area contributed by atoms with Crippen molar-refractivity contribution in [1.29, 1.82) is 0 Å². The molecule has 0 saturated heterocycles. The minimum Gasteiger partial charge on any atom is -0.213 e. The van der Waals surface area contributed by atoms with Crippen LogP contribution in [0.1, 0.15) is 31.2 Å². The first kappa shape index (κ1) is 14.7. The summed E-state index contributed by atoms with van der Waals surface area (Å²) >= 11 is 3.48.